The third-order valence-electron chi connectivity index (χ3n) is 2.09. The molecule has 1 atom stereocenters. The summed E-state index contributed by atoms with van der Waals surface area (Å²) in [4.78, 5) is 43.8. The molecule has 0 heterocycles. The topological polar surface area (TPSA) is 104 Å². The predicted octanol–water partition coefficient (Wildman–Crippen LogP) is -1.28. The summed E-state index contributed by atoms with van der Waals surface area (Å²) in [7, 11) is 0. The molecule has 0 saturated carbocycles. The quantitative estimate of drug-likeness (QED) is 0.471. The van der Waals surface area contributed by atoms with Crippen molar-refractivity contribution in [3.8, 4) is 0 Å². The fourth-order valence-electron chi connectivity index (χ4n) is 1.33. The first-order valence-corrected chi connectivity index (χ1v) is 5.76. The Balaban J connectivity index is 4.23. The van der Waals surface area contributed by atoms with E-state index in [1.54, 1.807) is 6.92 Å². The average molecular weight is 257 g/mol. The largest absolute Gasteiger partial charge is 0.355 e. The Labute approximate surface area is 106 Å². The Bertz CT molecular complexity index is 317. The molecule has 0 radical (unpaired) electrons. The molecule has 0 unspecified atom stereocenters. The van der Waals surface area contributed by atoms with Gasteiger partial charge in [0.25, 0.3) is 0 Å². The van der Waals surface area contributed by atoms with Gasteiger partial charge in [0.1, 0.15) is 12.3 Å². The molecule has 0 rings (SSSR count). The Morgan fingerprint density at radius 2 is 1.89 bits per heavy atom. The lowest BCUT2D eigenvalue weighted by atomic mass is 10.1. The Morgan fingerprint density at radius 3 is 2.39 bits per heavy atom. The van der Waals surface area contributed by atoms with Crippen LogP contribution in [0.3, 0.4) is 0 Å². The molecule has 0 aromatic heterocycles. The molecule has 7 heteroatoms. The lowest BCUT2D eigenvalue weighted by molar-refractivity contribution is -0.129. The number of carbonyl (C=O) groups is 4. The van der Waals surface area contributed by atoms with Gasteiger partial charge in [-0.05, 0) is 13.3 Å². The van der Waals surface area contributed by atoms with Gasteiger partial charge in [0.05, 0.1) is 6.54 Å². The standard InChI is InChI=1S/C11H19N3O4/c1-3-12-11(18)9(14-8(2)16)4-5-10(17)13-6-7-15/h7,9H,3-6H2,1-2H3,(H,12,18)(H,13,17)(H,14,16)/t9-/m0/s1. The maximum absolute atomic E-state index is 11.6. The van der Waals surface area contributed by atoms with E-state index in [1.165, 1.54) is 6.92 Å². The van der Waals surface area contributed by atoms with Crippen LogP contribution >= 0.6 is 0 Å². The summed E-state index contributed by atoms with van der Waals surface area (Å²) < 4.78 is 0. The van der Waals surface area contributed by atoms with Crippen LogP contribution in [0.4, 0.5) is 0 Å². The zero-order valence-electron chi connectivity index (χ0n) is 10.6. The van der Waals surface area contributed by atoms with Gasteiger partial charge in [0, 0.05) is 19.9 Å². The zero-order valence-corrected chi connectivity index (χ0v) is 10.6. The third kappa shape index (κ3) is 7.37. The average Bonchev–Trinajstić information content (AvgIpc) is 2.31. The fraction of sp³-hybridized carbons (Fsp3) is 0.636. The molecule has 0 aromatic rings. The Morgan fingerprint density at radius 1 is 1.22 bits per heavy atom. The fourth-order valence-corrected chi connectivity index (χ4v) is 1.33. The SMILES string of the molecule is CCNC(=O)[C@H](CCC(=O)NCC=O)NC(C)=O. The lowest BCUT2D eigenvalue weighted by Gasteiger charge is -2.16. The predicted molar refractivity (Wildman–Crippen MR) is 64.6 cm³/mol. The van der Waals surface area contributed by atoms with E-state index in [-0.39, 0.29) is 37.1 Å². The number of nitrogens with one attached hydrogen (secondary N) is 3. The van der Waals surface area contributed by atoms with Crippen molar-refractivity contribution in [3.63, 3.8) is 0 Å². The van der Waals surface area contributed by atoms with Gasteiger partial charge in [-0.3, -0.25) is 14.4 Å². The molecule has 102 valence electrons. The van der Waals surface area contributed by atoms with E-state index < -0.39 is 6.04 Å². The molecule has 0 fully saturated rings. The van der Waals surface area contributed by atoms with E-state index in [4.69, 9.17) is 0 Å². The molecular weight excluding hydrogens is 238 g/mol. The summed E-state index contributed by atoms with van der Waals surface area (Å²) in [6.07, 6.45) is 0.832. The molecule has 0 aliphatic heterocycles. The molecule has 3 N–H and O–H groups in total. The third-order valence-corrected chi connectivity index (χ3v) is 2.09. The summed E-state index contributed by atoms with van der Waals surface area (Å²) in [6, 6.07) is -0.732. The number of aldehydes is 1. The van der Waals surface area contributed by atoms with Crippen molar-refractivity contribution in [1.82, 2.24) is 16.0 Å². The summed E-state index contributed by atoms with van der Waals surface area (Å²) in [6.45, 7) is 3.47. The van der Waals surface area contributed by atoms with Crippen LogP contribution in [0.5, 0.6) is 0 Å². The summed E-state index contributed by atoms with van der Waals surface area (Å²) in [5.74, 6) is -0.989. The number of amides is 3. The Kier molecular flexibility index (Phi) is 8.17. The summed E-state index contributed by atoms with van der Waals surface area (Å²) >= 11 is 0. The van der Waals surface area contributed by atoms with Crippen LogP contribution in [0.1, 0.15) is 26.7 Å². The minimum atomic E-state index is -0.732. The van der Waals surface area contributed by atoms with E-state index in [0.29, 0.717) is 12.8 Å². The van der Waals surface area contributed by atoms with Gasteiger partial charge in [-0.15, -0.1) is 0 Å². The van der Waals surface area contributed by atoms with Crippen LogP contribution in [0.2, 0.25) is 0 Å². The molecule has 18 heavy (non-hydrogen) atoms. The van der Waals surface area contributed by atoms with E-state index >= 15 is 0 Å². The van der Waals surface area contributed by atoms with Crippen LogP contribution in [-0.2, 0) is 19.2 Å². The van der Waals surface area contributed by atoms with E-state index in [2.05, 4.69) is 16.0 Å². The number of likely N-dealkylation sites (N-methyl/N-ethyl adjacent to an activating group) is 1. The van der Waals surface area contributed by atoms with Gasteiger partial charge < -0.3 is 20.7 Å². The summed E-state index contributed by atoms with van der Waals surface area (Å²) in [5.41, 5.74) is 0. The number of rotatable bonds is 8. The number of hydrogen-bond donors (Lipinski definition) is 3. The first kappa shape index (κ1) is 16.1. The summed E-state index contributed by atoms with van der Waals surface area (Å²) in [5, 5.41) is 7.41. The van der Waals surface area contributed by atoms with Gasteiger partial charge in [0.2, 0.25) is 17.7 Å². The molecule has 0 bridgehead atoms. The maximum Gasteiger partial charge on any atom is 0.242 e. The zero-order chi connectivity index (χ0) is 14.0. The van der Waals surface area contributed by atoms with Crippen molar-refractivity contribution in [2.75, 3.05) is 13.1 Å². The van der Waals surface area contributed by atoms with Crippen molar-refractivity contribution in [2.45, 2.75) is 32.7 Å². The Hall–Kier alpha value is -1.92. The van der Waals surface area contributed by atoms with Crippen LogP contribution in [0.15, 0.2) is 0 Å². The highest BCUT2D eigenvalue weighted by molar-refractivity contribution is 5.87. The molecule has 0 aliphatic rings. The number of carbonyl (C=O) groups excluding carboxylic acids is 4. The first-order chi connectivity index (χ1) is 8.51. The minimum Gasteiger partial charge on any atom is -0.355 e. The highest BCUT2D eigenvalue weighted by atomic mass is 16.2. The molecule has 7 nitrogen and oxygen atoms in total. The van der Waals surface area contributed by atoms with Crippen LogP contribution < -0.4 is 16.0 Å². The normalized spacial score (nSPS) is 11.2. The monoisotopic (exact) mass is 257 g/mol. The second kappa shape index (κ2) is 9.15. The first-order valence-electron chi connectivity index (χ1n) is 5.76. The highest BCUT2D eigenvalue weighted by Gasteiger charge is 2.19. The van der Waals surface area contributed by atoms with Crippen LogP contribution in [-0.4, -0.2) is 43.1 Å². The minimum absolute atomic E-state index is 0.0508. The van der Waals surface area contributed by atoms with Gasteiger partial charge in [-0.2, -0.15) is 0 Å². The van der Waals surface area contributed by atoms with Gasteiger partial charge >= 0.3 is 0 Å². The van der Waals surface area contributed by atoms with Gasteiger partial charge in [-0.25, -0.2) is 0 Å². The molecule has 0 aliphatic carbocycles. The van der Waals surface area contributed by atoms with Gasteiger partial charge in [0.15, 0.2) is 0 Å². The van der Waals surface area contributed by atoms with Crippen LogP contribution in [0, 0.1) is 0 Å². The van der Waals surface area contributed by atoms with E-state index in [0.717, 1.165) is 0 Å². The molecule has 0 aromatic carbocycles. The van der Waals surface area contributed by atoms with Crippen molar-refractivity contribution < 1.29 is 19.2 Å². The molecular formula is C11H19N3O4. The second-order valence-corrected chi connectivity index (χ2v) is 3.66. The molecule has 0 saturated heterocycles. The van der Waals surface area contributed by atoms with Crippen molar-refractivity contribution >= 4 is 24.0 Å². The van der Waals surface area contributed by atoms with E-state index in [1.807, 2.05) is 0 Å². The maximum atomic E-state index is 11.6. The van der Waals surface area contributed by atoms with E-state index in [9.17, 15) is 19.2 Å². The molecule has 0 spiro atoms. The highest BCUT2D eigenvalue weighted by Crippen LogP contribution is 1.98. The van der Waals surface area contributed by atoms with Crippen molar-refractivity contribution in [1.29, 1.82) is 0 Å². The van der Waals surface area contributed by atoms with Crippen molar-refractivity contribution in [3.05, 3.63) is 0 Å². The number of hydrogen-bond acceptors (Lipinski definition) is 4. The second-order valence-electron chi connectivity index (χ2n) is 3.66. The van der Waals surface area contributed by atoms with Gasteiger partial charge in [-0.1, -0.05) is 0 Å². The molecule has 3 amide bonds. The van der Waals surface area contributed by atoms with Crippen LogP contribution in [0.25, 0.3) is 0 Å². The smallest absolute Gasteiger partial charge is 0.242 e. The van der Waals surface area contributed by atoms with Crippen molar-refractivity contribution in [2.24, 2.45) is 0 Å². The lowest BCUT2D eigenvalue weighted by Crippen LogP contribution is -2.46.